The number of hydrogen-bond donors (Lipinski definition) is 1. The molecule has 1 fully saturated rings. The van der Waals surface area contributed by atoms with E-state index in [2.05, 4.69) is 26.1 Å². The monoisotopic (exact) mass is 363 g/mol. The summed E-state index contributed by atoms with van der Waals surface area (Å²) in [6.45, 7) is 2.90. The van der Waals surface area contributed by atoms with Gasteiger partial charge in [0.25, 0.3) is 5.91 Å². The Morgan fingerprint density at radius 2 is 1.85 bits per heavy atom. The third-order valence-corrected chi connectivity index (χ3v) is 4.77. The molecule has 0 radical (unpaired) electrons. The van der Waals surface area contributed by atoms with Gasteiger partial charge in [-0.1, -0.05) is 6.07 Å². The summed E-state index contributed by atoms with van der Waals surface area (Å²) in [6.07, 6.45) is 3.42. The van der Waals surface area contributed by atoms with Crippen molar-refractivity contribution in [2.45, 2.75) is 0 Å². The number of carbonyl (C=O) groups excluding carboxylic acids is 1. The summed E-state index contributed by atoms with van der Waals surface area (Å²) >= 11 is 0. The molecule has 0 spiro atoms. The average molecular weight is 363 g/mol. The fourth-order valence-electron chi connectivity index (χ4n) is 3.25. The van der Waals surface area contributed by atoms with Crippen molar-refractivity contribution in [2.24, 2.45) is 0 Å². The van der Waals surface area contributed by atoms with Gasteiger partial charge in [0.15, 0.2) is 0 Å². The molecule has 0 unspecified atom stereocenters. The van der Waals surface area contributed by atoms with Crippen LogP contribution in [0.5, 0.6) is 5.75 Å². The Balaban J connectivity index is 1.41. The van der Waals surface area contributed by atoms with Crippen LogP contribution in [0.15, 0.2) is 54.9 Å². The minimum Gasteiger partial charge on any atom is -0.497 e. The topological polar surface area (TPSA) is 74.3 Å². The molecule has 3 aromatic rings. The van der Waals surface area contributed by atoms with Gasteiger partial charge >= 0.3 is 0 Å². The molecule has 0 aliphatic carbocycles. The molecule has 1 amide bonds. The van der Waals surface area contributed by atoms with Crippen LogP contribution in [0.1, 0.15) is 10.5 Å². The van der Waals surface area contributed by atoms with Gasteiger partial charge in [-0.05, 0) is 30.3 Å². The van der Waals surface area contributed by atoms with Gasteiger partial charge in [-0.25, -0.2) is 0 Å². The van der Waals surface area contributed by atoms with Gasteiger partial charge in [0.1, 0.15) is 11.4 Å². The first-order valence-corrected chi connectivity index (χ1v) is 8.88. The summed E-state index contributed by atoms with van der Waals surface area (Å²) in [4.78, 5) is 20.9. The summed E-state index contributed by atoms with van der Waals surface area (Å²) in [5, 5.41) is 7.13. The lowest BCUT2D eigenvalue weighted by Gasteiger charge is -2.36. The first kappa shape index (κ1) is 17.1. The molecular weight excluding hydrogens is 342 g/mol. The number of carbonyl (C=O) groups is 1. The van der Waals surface area contributed by atoms with Crippen molar-refractivity contribution in [2.75, 3.05) is 38.2 Å². The molecule has 27 heavy (non-hydrogen) atoms. The van der Waals surface area contributed by atoms with Crippen LogP contribution in [0.2, 0.25) is 0 Å². The van der Waals surface area contributed by atoms with E-state index in [1.165, 1.54) is 0 Å². The zero-order valence-corrected chi connectivity index (χ0v) is 15.1. The van der Waals surface area contributed by atoms with E-state index in [0.29, 0.717) is 18.8 Å². The molecule has 0 bridgehead atoms. The molecule has 1 saturated heterocycles. The highest BCUT2D eigenvalue weighted by molar-refractivity contribution is 5.93. The van der Waals surface area contributed by atoms with Crippen LogP contribution in [-0.4, -0.2) is 59.3 Å². The number of H-pyrrole nitrogens is 1. The number of ether oxygens (including phenoxy) is 1. The minimum atomic E-state index is -0.0203. The van der Waals surface area contributed by atoms with Gasteiger partial charge < -0.3 is 14.5 Å². The zero-order chi connectivity index (χ0) is 18.6. The predicted molar refractivity (Wildman–Crippen MR) is 103 cm³/mol. The molecule has 7 nitrogen and oxygen atoms in total. The lowest BCUT2D eigenvalue weighted by molar-refractivity contribution is 0.0741. The van der Waals surface area contributed by atoms with Crippen molar-refractivity contribution in [3.05, 3.63) is 60.6 Å². The fraction of sp³-hybridized carbons (Fsp3) is 0.250. The quantitative estimate of drug-likeness (QED) is 0.771. The van der Waals surface area contributed by atoms with Crippen LogP contribution in [0.4, 0.5) is 5.69 Å². The first-order valence-electron chi connectivity index (χ1n) is 8.88. The molecule has 3 heterocycles. The second-order valence-corrected chi connectivity index (χ2v) is 6.38. The van der Waals surface area contributed by atoms with Crippen molar-refractivity contribution in [3.63, 3.8) is 0 Å². The summed E-state index contributed by atoms with van der Waals surface area (Å²) in [5.41, 5.74) is 3.30. The van der Waals surface area contributed by atoms with Crippen LogP contribution in [0, 0.1) is 0 Å². The Morgan fingerprint density at radius 3 is 2.59 bits per heavy atom. The molecule has 7 heteroatoms. The van der Waals surface area contributed by atoms with Gasteiger partial charge in [0.2, 0.25) is 0 Å². The Labute approximate surface area is 157 Å². The van der Waals surface area contributed by atoms with Crippen LogP contribution in [0.3, 0.4) is 0 Å². The summed E-state index contributed by atoms with van der Waals surface area (Å²) in [5.74, 6) is 0.820. The normalized spacial score (nSPS) is 14.3. The van der Waals surface area contributed by atoms with Crippen LogP contribution in [-0.2, 0) is 0 Å². The molecule has 1 aromatic carbocycles. The summed E-state index contributed by atoms with van der Waals surface area (Å²) < 4.78 is 5.30. The maximum Gasteiger partial charge on any atom is 0.272 e. The molecule has 2 aromatic heterocycles. The van der Waals surface area contributed by atoms with Crippen LogP contribution < -0.4 is 9.64 Å². The van der Waals surface area contributed by atoms with Crippen molar-refractivity contribution in [1.29, 1.82) is 0 Å². The number of pyridine rings is 1. The lowest BCUT2D eigenvalue weighted by Crippen LogP contribution is -2.48. The lowest BCUT2D eigenvalue weighted by atomic mass is 10.2. The van der Waals surface area contributed by atoms with Gasteiger partial charge in [-0.15, -0.1) is 0 Å². The number of aromatic amines is 1. The zero-order valence-electron chi connectivity index (χ0n) is 15.1. The highest BCUT2D eigenvalue weighted by Crippen LogP contribution is 2.23. The SMILES string of the molecule is COc1cccc(N2CCN(C(=O)c3cc(-c4ccncc4)n[nH]3)CC2)c1. The number of rotatable bonds is 4. The van der Waals surface area contributed by atoms with E-state index in [0.717, 1.165) is 35.8 Å². The second-order valence-electron chi connectivity index (χ2n) is 6.38. The Morgan fingerprint density at radius 1 is 1.07 bits per heavy atom. The number of amides is 1. The molecule has 1 aliphatic heterocycles. The second kappa shape index (κ2) is 7.49. The van der Waals surface area contributed by atoms with E-state index in [1.807, 2.05) is 35.2 Å². The van der Waals surface area contributed by atoms with Gasteiger partial charge in [0, 0.05) is 55.9 Å². The van der Waals surface area contributed by atoms with Gasteiger partial charge in [-0.3, -0.25) is 14.9 Å². The maximum absolute atomic E-state index is 12.8. The van der Waals surface area contributed by atoms with E-state index in [1.54, 1.807) is 25.6 Å². The number of nitrogens with zero attached hydrogens (tertiary/aromatic N) is 4. The predicted octanol–water partition coefficient (Wildman–Crippen LogP) is 2.44. The number of piperazine rings is 1. The molecule has 4 rings (SSSR count). The number of hydrogen-bond acceptors (Lipinski definition) is 5. The minimum absolute atomic E-state index is 0.0203. The van der Waals surface area contributed by atoms with Gasteiger partial charge in [0.05, 0.1) is 12.8 Å². The third-order valence-electron chi connectivity index (χ3n) is 4.77. The molecule has 0 atom stereocenters. The number of nitrogens with one attached hydrogen (secondary N) is 1. The molecular formula is C20H21N5O2. The molecule has 1 aliphatic rings. The van der Waals surface area contributed by atoms with E-state index in [4.69, 9.17) is 4.74 Å². The molecule has 0 saturated carbocycles. The highest BCUT2D eigenvalue weighted by Gasteiger charge is 2.24. The van der Waals surface area contributed by atoms with Crippen molar-refractivity contribution >= 4 is 11.6 Å². The van der Waals surface area contributed by atoms with E-state index < -0.39 is 0 Å². The number of benzene rings is 1. The standard InChI is InChI=1S/C20H21N5O2/c1-27-17-4-2-3-16(13-17)24-9-11-25(12-10-24)20(26)19-14-18(22-23-19)15-5-7-21-8-6-15/h2-8,13-14H,9-12H2,1H3,(H,22,23). The van der Waals surface area contributed by atoms with Crippen molar-refractivity contribution in [3.8, 4) is 17.0 Å². The Hall–Kier alpha value is -3.35. The smallest absolute Gasteiger partial charge is 0.272 e. The first-order chi connectivity index (χ1) is 13.2. The molecule has 1 N–H and O–H groups in total. The largest absolute Gasteiger partial charge is 0.497 e. The highest BCUT2D eigenvalue weighted by atomic mass is 16.5. The van der Waals surface area contributed by atoms with Crippen LogP contribution in [0.25, 0.3) is 11.3 Å². The van der Waals surface area contributed by atoms with Crippen molar-refractivity contribution < 1.29 is 9.53 Å². The van der Waals surface area contributed by atoms with Crippen LogP contribution >= 0.6 is 0 Å². The number of aromatic nitrogens is 3. The molecule has 138 valence electrons. The van der Waals surface area contributed by atoms with E-state index in [-0.39, 0.29) is 5.91 Å². The summed E-state index contributed by atoms with van der Waals surface area (Å²) in [7, 11) is 1.67. The van der Waals surface area contributed by atoms with E-state index >= 15 is 0 Å². The number of anilines is 1. The Kier molecular flexibility index (Phi) is 4.74. The number of methoxy groups -OCH3 is 1. The fourth-order valence-corrected chi connectivity index (χ4v) is 3.25. The maximum atomic E-state index is 12.8. The van der Waals surface area contributed by atoms with Crippen molar-refractivity contribution in [1.82, 2.24) is 20.1 Å². The Bertz CT molecular complexity index is 917. The average Bonchev–Trinajstić information content (AvgIpc) is 3.24. The van der Waals surface area contributed by atoms with E-state index in [9.17, 15) is 4.79 Å². The van der Waals surface area contributed by atoms with Gasteiger partial charge in [-0.2, -0.15) is 5.10 Å². The third kappa shape index (κ3) is 3.62. The summed E-state index contributed by atoms with van der Waals surface area (Å²) in [6, 6.07) is 13.5.